The van der Waals surface area contributed by atoms with Crippen LogP contribution in [-0.2, 0) is 23.2 Å². The van der Waals surface area contributed by atoms with Gasteiger partial charge in [0.25, 0.3) is 11.5 Å². The van der Waals surface area contributed by atoms with Gasteiger partial charge in [0.05, 0.1) is 21.5 Å². The molecule has 8 nitrogen and oxygen atoms in total. The van der Waals surface area contributed by atoms with E-state index in [-0.39, 0.29) is 15.2 Å². The Morgan fingerprint density at radius 2 is 1.73 bits per heavy atom. The Kier molecular flexibility index (Phi) is 6.76. The number of hydrogen-bond donors (Lipinski definition) is 1. The van der Waals surface area contributed by atoms with E-state index in [1.807, 2.05) is 4.72 Å². The van der Waals surface area contributed by atoms with Crippen molar-refractivity contribution in [1.29, 1.82) is 0 Å². The summed E-state index contributed by atoms with van der Waals surface area (Å²) in [5.74, 6) is -2.52. The first kappa shape index (κ1) is 25.0. The molecule has 14 heteroatoms. The number of carbonyl (C=O) groups excluding carboxylic acids is 1. The molecule has 1 N–H and O–H groups in total. The van der Waals surface area contributed by atoms with Crippen LogP contribution in [0.1, 0.15) is 48.2 Å². The molecule has 0 atom stereocenters. The summed E-state index contributed by atoms with van der Waals surface area (Å²) in [5, 5.41) is -1.33. The minimum Gasteiger partial charge on any atom is -0.292 e. The fourth-order valence-electron chi connectivity index (χ4n) is 3.65. The number of amides is 1. The van der Waals surface area contributed by atoms with Crippen molar-refractivity contribution >= 4 is 27.5 Å². The lowest BCUT2D eigenvalue weighted by atomic mass is 10.0. The SMILES string of the molecule is Cn1c(C(F)(F)F)cc(=O)n(-c2cc(C(=O)NS(=O)(=O)C3CCCCC3)c(Cl)cc2F)c1=O. The number of benzene rings is 1. The largest absolute Gasteiger partial charge is 0.431 e. The average Bonchev–Trinajstić information content (AvgIpc) is 2.71. The molecule has 1 aliphatic carbocycles. The van der Waals surface area contributed by atoms with Crippen LogP contribution in [0.15, 0.2) is 27.8 Å². The summed E-state index contributed by atoms with van der Waals surface area (Å²) in [7, 11) is -3.36. The lowest BCUT2D eigenvalue weighted by molar-refractivity contribution is -0.144. The lowest BCUT2D eigenvalue weighted by Crippen LogP contribution is -2.41. The second-order valence-corrected chi connectivity index (χ2v) is 9.93. The second kappa shape index (κ2) is 8.93. The molecule has 0 spiro atoms. The molecule has 1 heterocycles. The third-order valence-electron chi connectivity index (χ3n) is 5.36. The number of sulfonamides is 1. The molecule has 1 fully saturated rings. The van der Waals surface area contributed by atoms with Crippen LogP contribution in [0.2, 0.25) is 5.02 Å². The van der Waals surface area contributed by atoms with Crippen LogP contribution in [0.5, 0.6) is 0 Å². The molecule has 1 amide bonds. The predicted molar refractivity (Wildman–Crippen MR) is 111 cm³/mol. The molecule has 1 aromatic carbocycles. The summed E-state index contributed by atoms with van der Waals surface area (Å²) in [4.78, 5) is 37.3. The summed E-state index contributed by atoms with van der Waals surface area (Å²) in [6.45, 7) is 0. The number of hydrogen-bond acceptors (Lipinski definition) is 5. The number of rotatable bonds is 4. The van der Waals surface area contributed by atoms with E-state index in [1.165, 1.54) is 0 Å². The van der Waals surface area contributed by atoms with Gasteiger partial charge in [0.15, 0.2) is 0 Å². The van der Waals surface area contributed by atoms with Gasteiger partial charge in [-0.05, 0) is 25.0 Å². The highest BCUT2D eigenvalue weighted by atomic mass is 35.5. The minimum atomic E-state index is -5.02. The van der Waals surface area contributed by atoms with Gasteiger partial charge in [-0.15, -0.1) is 0 Å². The first-order valence-corrected chi connectivity index (χ1v) is 11.6. The molecule has 1 aliphatic rings. The molecule has 180 valence electrons. The summed E-state index contributed by atoms with van der Waals surface area (Å²) in [6, 6.07) is 1.30. The van der Waals surface area contributed by atoms with Crippen LogP contribution in [0.4, 0.5) is 17.6 Å². The normalized spacial score (nSPS) is 15.5. The van der Waals surface area contributed by atoms with E-state index in [4.69, 9.17) is 11.6 Å². The Balaban J connectivity index is 2.08. The van der Waals surface area contributed by atoms with Crippen molar-refractivity contribution in [1.82, 2.24) is 13.9 Å². The van der Waals surface area contributed by atoms with E-state index >= 15 is 0 Å². The van der Waals surface area contributed by atoms with Gasteiger partial charge in [-0.25, -0.2) is 26.9 Å². The number of halogens is 5. The van der Waals surface area contributed by atoms with Crippen LogP contribution >= 0.6 is 11.6 Å². The number of aromatic nitrogens is 2. The monoisotopic (exact) mass is 511 g/mol. The minimum absolute atomic E-state index is 0.0906. The Morgan fingerprint density at radius 1 is 1.12 bits per heavy atom. The van der Waals surface area contributed by atoms with Crippen LogP contribution in [0, 0.1) is 5.82 Å². The Hall–Kier alpha value is -2.67. The zero-order valence-corrected chi connectivity index (χ0v) is 18.7. The van der Waals surface area contributed by atoms with E-state index < -0.39 is 66.4 Å². The summed E-state index contributed by atoms with van der Waals surface area (Å²) < 4.78 is 80.8. The molecule has 0 bridgehead atoms. The number of alkyl halides is 3. The van der Waals surface area contributed by atoms with Crippen molar-refractivity contribution in [3.05, 3.63) is 61.1 Å². The van der Waals surface area contributed by atoms with Gasteiger partial charge < -0.3 is 0 Å². The third kappa shape index (κ3) is 4.98. The molecule has 2 aromatic rings. The van der Waals surface area contributed by atoms with Gasteiger partial charge in [0.1, 0.15) is 11.5 Å². The van der Waals surface area contributed by atoms with Gasteiger partial charge in [-0.3, -0.25) is 14.2 Å². The van der Waals surface area contributed by atoms with Crippen LogP contribution in [0.3, 0.4) is 0 Å². The van der Waals surface area contributed by atoms with Crippen LogP contribution in [0.25, 0.3) is 5.69 Å². The molecule has 1 aromatic heterocycles. The van der Waals surface area contributed by atoms with Crippen molar-refractivity contribution in [2.75, 3.05) is 0 Å². The zero-order chi connectivity index (χ0) is 24.7. The van der Waals surface area contributed by atoms with E-state index in [0.29, 0.717) is 37.8 Å². The molecule has 0 unspecified atom stereocenters. The third-order valence-corrected chi connectivity index (χ3v) is 7.49. The van der Waals surface area contributed by atoms with Gasteiger partial charge in [0.2, 0.25) is 10.0 Å². The molecule has 3 rings (SSSR count). The molecular formula is C19H18ClF4N3O5S. The second-order valence-electron chi connectivity index (χ2n) is 7.56. The van der Waals surface area contributed by atoms with Crippen molar-refractivity contribution in [3.63, 3.8) is 0 Å². The first-order chi connectivity index (χ1) is 15.2. The highest BCUT2D eigenvalue weighted by Gasteiger charge is 2.35. The summed E-state index contributed by atoms with van der Waals surface area (Å²) >= 11 is 5.88. The first-order valence-electron chi connectivity index (χ1n) is 9.69. The number of nitrogens with zero attached hydrogens (tertiary/aromatic N) is 2. The molecule has 1 saturated carbocycles. The molecule has 0 saturated heterocycles. The Morgan fingerprint density at radius 3 is 2.30 bits per heavy atom. The number of carbonyl (C=O) groups is 1. The van der Waals surface area contributed by atoms with E-state index in [9.17, 15) is 40.4 Å². The molecular weight excluding hydrogens is 494 g/mol. The standard InChI is InChI=1S/C19H18ClF4N3O5S/c1-26-15(19(22,23)24)9-16(28)27(18(26)30)14-7-11(12(20)8-13(14)21)17(29)25-33(31,32)10-5-3-2-4-6-10/h7-10H,2-6H2,1H3,(H,25,29). The highest BCUT2D eigenvalue weighted by Crippen LogP contribution is 2.28. The summed E-state index contributed by atoms with van der Waals surface area (Å²) in [5.41, 5.74) is -6.04. The molecule has 33 heavy (non-hydrogen) atoms. The van der Waals surface area contributed by atoms with Gasteiger partial charge in [0, 0.05) is 13.1 Å². The molecule has 0 aliphatic heterocycles. The quantitative estimate of drug-likeness (QED) is 0.635. The maximum Gasteiger partial charge on any atom is 0.431 e. The Bertz CT molecular complexity index is 1330. The van der Waals surface area contributed by atoms with E-state index in [1.54, 1.807) is 0 Å². The van der Waals surface area contributed by atoms with E-state index in [0.717, 1.165) is 13.5 Å². The molecule has 0 radical (unpaired) electrons. The maximum atomic E-state index is 14.6. The zero-order valence-electron chi connectivity index (χ0n) is 17.1. The number of nitrogens with one attached hydrogen (secondary N) is 1. The maximum absolute atomic E-state index is 14.6. The van der Waals surface area contributed by atoms with Gasteiger partial charge in [-0.2, -0.15) is 13.2 Å². The van der Waals surface area contributed by atoms with Gasteiger partial charge in [-0.1, -0.05) is 30.9 Å². The van der Waals surface area contributed by atoms with Crippen molar-refractivity contribution < 1.29 is 30.8 Å². The van der Waals surface area contributed by atoms with Gasteiger partial charge >= 0.3 is 11.9 Å². The lowest BCUT2D eigenvalue weighted by Gasteiger charge is -2.22. The van der Waals surface area contributed by atoms with Crippen molar-refractivity contribution in [2.24, 2.45) is 7.05 Å². The highest BCUT2D eigenvalue weighted by molar-refractivity contribution is 7.90. The topological polar surface area (TPSA) is 107 Å². The van der Waals surface area contributed by atoms with Crippen molar-refractivity contribution in [3.8, 4) is 5.69 Å². The smallest absolute Gasteiger partial charge is 0.292 e. The summed E-state index contributed by atoms with van der Waals surface area (Å²) in [6.07, 6.45) is -2.13. The fourth-order valence-corrected chi connectivity index (χ4v) is 5.37. The Labute approximate surface area is 189 Å². The van der Waals surface area contributed by atoms with Crippen LogP contribution in [-0.4, -0.2) is 28.7 Å². The van der Waals surface area contributed by atoms with E-state index in [2.05, 4.69) is 0 Å². The fraction of sp³-hybridized carbons (Fsp3) is 0.421. The van der Waals surface area contributed by atoms with Crippen LogP contribution < -0.4 is 16.0 Å². The predicted octanol–water partition coefficient (Wildman–Crippen LogP) is 2.74. The average molecular weight is 512 g/mol. The van der Waals surface area contributed by atoms with Crippen molar-refractivity contribution in [2.45, 2.75) is 43.5 Å².